The van der Waals surface area contributed by atoms with Gasteiger partial charge in [-0.2, -0.15) is 0 Å². The zero-order valence-electron chi connectivity index (χ0n) is 9.91. The van der Waals surface area contributed by atoms with E-state index >= 15 is 0 Å². The molecule has 0 aliphatic rings. The van der Waals surface area contributed by atoms with E-state index in [1.165, 1.54) is 10.6 Å². The van der Waals surface area contributed by atoms with Gasteiger partial charge >= 0.3 is 5.97 Å². The van der Waals surface area contributed by atoms with Crippen molar-refractivity contribution in [1.29, 1.82) is 0 Å². The summed E-state index contributed by atoms with van der Waals surface area (Å²) in [5.74, 6) is -1.21. The van der Waals surface area contributed by atoms with Gasteiger partial charge in [-0.25, -0.2) is 9.78 Å². The molecule has 0 aromatic carbocycles. The molecule has 2 heterocycles. The normalized spacial score (nSPS) is 10.5. The van der Waals surface area contributed by atoms with E-state index in [4.69, 9.17) is 5.11 Å². The molecule has 0 radical (unpaired) electrons. The zero-order valence-corrected chi connectivity index (χ0v) is 9.91. The third kappa shape index (κ3) is 2.17. The summed E-state index contributed by atoms with van der Waals surface area (Å²) in [6, 6.07) is 2.86. The summed E-state index contributed by atoms with van der Waals surface area (Å²) in [5.41, 5.74) is 0.135. The van der Waals surface area contributed by atoms with E-state index in [1.54, 1.807) is 24.8 Å². The standard InChI is InChI=1S/C12H13N3O3/c1-2-14-8-13-6-9(14)7-15-5-3-4-10(11(15)16)12(17)18/h3-6,8H,2,7H2,1H3,(H,17,18). The highest BCUT2D eigenvalue weighted by Gasteiger charge is 2.11. The highest BCUT2D eigenvalue weighted by Crippen LogP contribution is 2.02. The lowest BCUT2D eigenvalue weighted by molar-refractivity contribution is 0.0694. The fraction of sp³-hybridized carbons (Fsp3) is 0.250. The Morgan fingerprint density at radius 1 is 1.44 bits per heavy atom. The second kappa shape index (κ2) is 4.87. The van der Waals surface area contributed by atoms with Crippen LogP contribution in [0.4, 0.5) is 0 Å². The number of carboxylic acid groups (broad SMARTS) is 1. The first-order valence-electron chi connectivity index (χ1n) is 5.55. The summed E-state index contributed by atoms with van der Waals surface area (Å²) in [6.45, 7) is 3.04. The summed E-state index contributed by atoms with van der Waals surface area (Å²) >= 11 is 0. The van der Waals surface area contributed by atoms with E-state index in [0.717, 1.165) is 12.2 Å². The number of aromatic carboxylic acids is 1. The molecule has 0 aliphatic heterocycles. The molecule has 2 aromatic heterocycles. The van der Waals surface area contributed by atoms with E-state index in [2.05, 4.69) is 4.98 Å². The Labute approximate surface area is 103 Å². The summed E-state index contributed by atoms with van der Waals surface area (Å²) in [6.07, 6.45) is 4.92. The van der Waals surface area contributed by atoms with Crippen molar-refractivity contribution in [3.63, 3.8) is 0 Å². The summed E-state index contributed by atoms with van der Waals surface area (Å²) in [7, 11) is 0. The number of carboxylic acids is 1. The number of hydrogen-bond acceptors (Lipinski definition) is 3. The number of hydrogen-bond donors (Lipinski definition) is 1. The summed E-state index contributed by atoms with van der Waals surface area (Å²) in [4.78, 5) is 26.8. The van der Waals surface area contributed by atoms with Crippen molar-refractivity contribution in [3.05, 3.63) is 52.5 Å². The maximum absolute atomic E-state index is 11.9. The zero-order chi connectivity index (χ0) is 13.1. The van der Waals surface area contributed by atoms with Gasteiger partial charge in [-0.15, -0.1) is 0 Å². The van der Waals surface area contributed by atoms with Crippen LogP contribution in [0.2, 0.25) is 0 Å². The van der Waals surface area contributed by atoms with E-state index < -0.39 is 11.5 Å². The van der Waals surface area contributed by atoms with Gasteiger partial charge in [-0.05, 0) is 19.1 Å². The lowest BCUT2D eigenvalue weighted by Crippen LogP contribution is -2.26. The molecule has 2 rings (SSSR count). The number of rotatable bonds is 4. The topological polar surface area (TPSA) is 77.1 Å². The lowest BCUT2D eigenvalue weighted by Gasteiger charge is -2.08. The minimum absolute atomic E-state index is 0.222. The first-order chi connectivity index (χ1) is 8.63. The monoisotopic (exact) mass is 247 g/mol. The Hall–Kier alpha value is -2.37. The minimum atomic E-state index is -1.21. The molecule has 18 heavy (non-hydrogen) atoms. The molecule has 1 N–H and O–H groups in total. The predicted octanol–water partition coefficient (Wildman–Crippen LogP) is 0.811. The minimum Gasteiger partial charge on any atom is -0.477 e. The number of imidazole rings is 1. The third-order valence-corrected chi connectivity index (χ3v) is 2.72. The molecule has 6 nitrogen and oxygen atoms in total. The van der Waals surface area contributed by atoms with E-state index in [1.807, 2.05) is 11.5 Å². The van der Waals surface area contributed by atoms with Crippen molar-refractivity contribution >= 4 is 5.97 Å². The molecule has 0 fully saturated rings. The molecule has 2 aromatic rings. The van der Waals surface area contributed by atoms with Crippen LogP contribution < -0.4 is 5.56 Å². The molecule has 0 saturated heterocycles. The van der Waals surface area contributed by atoms with Crippen molar-refractivity contribution in [2.45, 2.75) is 20.0 Å². The maximum Gasteiger partial charge on any atom is 0.341 e. The van der Waals surface area contributed by atoms with E-state index in [9.17, 15) is 9.59 Å². The van der Waals surface area contributed by atoms with Gasteiger partial charge in [0, 0.05) is 18.9 Å². The van der Waals surface area contributed by atoms with Crippen LogP contribution in [0, 0.1) is 0 Å². The van der Waals surface area contributed by atoms with Gasteiger partial charge in [0.15, 0.2) is 0 Å². The van der Waals surface area contributed by atoms with E-state index in [0.29, 0.717) is 6.54 Å². The average Bonchev–Trinajstić information content (AvgIpc) is 2.78. The fourth-order valence-corrected chi connectivity index (χ4v) is 1.76. The van der Waals surface area contributed by atoms with Gasteiger partial charge in [0.05, 0.1) is 18.6 Å². The van der Waals surface area contributed by atoms with Crippen molar-refractivity contribution in [3.8, 4) is 0 Å². The van der Waals surface area contributed by atoms with Crippen LogP contribution in [0.15, 0.2) is 35.6 Å². The van der Waals surface area contributed by atoms with Crippen LogP contribution in [-0.2, 0) is 13.1 Å². The van der Waals surface area contributed by atoms with Crippen LogP contribution in [-0.4, -0.2) is 25.2 Å². The molecule has 0 spiro atoms. The third-order valence-electron chi connectivity index (χ3n) is 2.72. The largest absolute Gasteiger partial charge is 0.477 e. The van der Waals surface area contributed by atoms with Crippen LogP contribution >= 0.6 is 0 Å². The Morgan fingerprint density at radius 3 is 2.89 bits per heavy atom. The molecule has 0 aliphatic carbocycles. The van der Waals surface area contributed by atoms with Crippen molar-refractivity contribution in [2.75, 3.05) is 0 Å². The summed E-state index contributed by atoms with van der Waals surface area (Å²) in [5, 5.41) is 8.89. The Kier molecular flexibility index (Phi) is 3.27. The average molecular weight is 247 g/mol. The predicted molar refractivity (Wildman–Crippen MR) is 64.7 cm³/mol. The molecule has 6 heteroatoms. The van der Waals surface area contributed by atoms with Crippen LogP contribution in [0.5, 0.6) is 0 Å². The Balaban J connectivity index is 2.39. The maximum atomic E-state index is 11.9. The molecule has 0 atom stereocenters. The highest BCUT2D eigenvalue weighted by atomic mass is 16.4. The first kappa shape index (κ1) is 12.1. The molecule has 0 unspecified atom stereocenters. The smallest absolute Gasteiger partial charge is 0.341 e. The number of nitrogens with zero attached hydrogens (tertiary/aromatic N) is 3. The lowest BCUT2D eigenvalue weighted by atomic mass is 10.3. The number of aromatic nitrogens is 3. The van der Waals surface area contributed by atoms with Crippen molar-refractivity contribution in [2.24, 2.45) is 0 Å². The number of pyridine rings is 1. The van der Waals surface area contributed by atoms with Crippen molar-refractivity contribution in [1.82, 2.24) is 14.1 Å². The Morgan fingerprint density at radius 2 is 2.22 bits per heavy atom. The quantitative estimate of drug-likeness (QED) is 0.867. The molecular formula is C12H13N3O3. The van der Waals surface area contributed by atoms with Gasteiger partial charge in [-0.1, -0.05) is 0 Å². The van der Waals surface area contributed by atoms with Gasteiger partial charge in [0.1, 0.15) is 5.56 Å². The van der Waals surface area contributed by atoms with Crippen LogP contribution in [0.25, 0.3) is 0 Å². The van der Waals surface area contributed by atoms with Gasteiger partial charge in [-0.3, -0.25) is 4.79 Å². The molecular weight excluding hydrogens is 234 g/mol. The Bertz CT molecular complexity index is 627. The van der Waals surface area contributed by atoms with E-state index in [-0.39, 0.29) is 5.56 Å². The highest BCUT2D eigenvalue weighted by molar-refractivity contribution is 5.86. The van der Waals surface area contributed by atoms with Crippen molar-refractivity contribution < 1.29 is 9.90 Å². The molecule has 94 valence electrons. The van der Waals surface area contributed by atoms with Crippen LogP contribution in [0.1, 0.15) is 23.0 Å². The second-order valence-corrected chi connectivity index (χ2v) is 3.83. The fourth-order valence-electron chi connectivity index (χ4n) is 1.76. The number of aryl methyl sites for hydroxylation is 1. The first-order valence-corrected chi connectivity index (χ1v) is 5.55. The second-order valence-electron chi connectivity index (χ2n) is 3.83. The van der Waals surface area contributed by atoms with Gasteiger partial charge in [0.25, 0.3) is 5.56 Å². The molecule has 0 bridgehead atoms. The SMILES string of the molecule is CCn1cncc1Cn1cccc(C(=O)O)c1=O. The van der Waals surface area contributed by atoms with Gasteiger partial charge < -0.3 is 14.2 Å². The number of carbonyl (C=O) groups is 1. The van der Waals surface area contributed by atoms with Crippen LogP contribution in [0.3, 0.4) is 0 Å². The molecule has 0 amide bonds. The molecule has 0 saturated carbocycles. The van der Waals surface area contributed by atoms with Gasteiger partial charge in [0.2, 0.25) is 0 Å². The summed E-state index contributed by atoms with van der Waals surface area (Å²) < 4.78 is 3.27.